The highest BCUT2D eigenvalue weighted by Gasteiger charge is 2.26. The minimum Gasteiger partial charge on any atom is -0.455 e. The number of halogens is 2. The molecule has 0 saturated heterocycles. The Morgan fingerprint density at radius 3 is 2.54 bits per heavy atom. The molecule has 0 bridgehead atoms. The largest absolute Gasteiger partial charge is 0.455 e. The molecule has 0 spiro atoms. The fraction of sp³-hybridized carbons (Fsp3) is 0.211. The molecule has 1 N–H and O–H groups in total. The van der Waals surface area contributed by atoms with E-state index >= 15 is 0 Å². The highest BCUT2D eigenvalue weighted by atomic mass is 35.5. The minimum atomic E-state index is -1.37. The summed E-state index contributed by atoms with van der Waals surface area (Å²) in [6.07, 6.45) is 0. The second kappa shape index (κ2) is 6.04. The molecule has 124 valence electrons. The lowest BCUT2D eigenvalue weighted by Crippen LogP contribution is -2.18. The van der Waals surface area contributed by atoms with Gasteiger partial charge in [0.25, 0.3) is 0 Å². The average molecular weight is 346 g/mol. The molecule has 5 heteroatoms. The standard InChI is InChI=1S/C19H17ClFNO2/c1-11-16(10-12-6-4-7-13(20)18(12)22-11)24-15-9-5-8-14(21)17(15)19(2,3)23/h4-10,23H,1-3H3. The molecule has 1 heterocycles. The third-order valence-electron chi connectivity index (χ3n) is 3.75. The van der Waals surface area contributed by atoms with Crippen LogP contribution in [0.4, 0.5) is 4.39 Å². The van der Waals surface area contributed by atoms with E-state index in [2.05, 4.69) is 4.98 Å². The van der Waals surface area contributed by atoms with Crippen molar-refractivity contribution in [2.75, 3.05) is 0 Å². The molecule has 0 aliphatic rings. The van der Waals surface area contributed by atoms with E-state index in [9.17, 15) is 9.50 Å². The Morgan fingerprint density at radius 2 is 1.83 bits per heavy atom. The molecule has 0 saturated carbocycles. The molecule has 0 aliphatic heterocycles. The summed E-state index contributed by atoms with van der Waals surface area (Å²) in [4.78, 5) is 4.47. The first-order valence-corrected chi connectivity index (χ1v) is 7.90. The number of ether oxygens (including phenoxy) is 1. The maximum Gasteiger partial charge on any atom is 0.149 e. The molecule has 0 unspecified atom stereocenters. The van der Waals surface area contributed by atoms with E-state index in [1.54, 1.807) is 25.1 Å². The van der Waals surface area contributed by atoms with Gasteiger partial charge < -0.3 is 9.84 Å². The summed E-state index contributed by atoms with van der Waals surface area (Å²) < 4.78 is 20.1. The summed E-state index contributed by atoms with van der Waals surface area (Å²) in [6.45, 7) is 4.83. The van der Waals surface area contributed by atoms with E-state index in [1.165, 1.54) is 19.9 Å². The second-order valence-corrected chi connectivity index (χ2v) is 6.56. The van der Waals surface area contributed by atoms with Crippen molar-refractivity contribution < 1.29 is 14.2 Å². The van der Waals surface area contributed by atoms with Crippen LogP contribution < -0.4 is 4.74 Å². The molecule has 3 aromatic rings. The zero-order chi connectivity index (χ0) is 17.5. The van der Waals surface area contributed by atoms with Gasteiger partial charge in [0, 0.05) is 5.39 Å². The molecule has 0 atom stereocenters. The van der Waals surface area contributed by atoms with E-state index in [4.69, 9.17) is 16.3 Å². The van der Waals surface area contributed by atoms with Crippen LogP contribution in [0, 0.1) is 12.7 Å². The Balaban J connectivity index is 2.12. The zero-order valence-corrected chi connectivity index (χ0v) is 14.4. The predicted octanol–water partition coefficient (Wildman–Crippen LogP) is 5.36. The second-order valence-electron chi connectivity index (χ2n) is 6.16. The number of hydrogen-bond donors (Lipinski definition) is 1. The van der Waals surface area contributed by atoms with Gasteiger partial charge in [-0.25, -0.2) is 9.37 Å². The first-order chi connectivity index (χ1) is 11.3. The first kappa shape index (κ1) is 16.7. The molecule has 1 aromatic heterocycles. The number of hydrogen-bond acceptors (Lipinski definition) is 3. The molecular formula is C19H17ClFNO2. The smallest absolute Gasteiger partial charge is 0.149 e. The van der Waals surface area contributed by atoms with Gasteiger partial charge in [-0.3, -0.25) is 0 Å². The lowest BCUT2D eigenvalue weighted by molar-refractivity contribution is 0.0720. The SMILES string of the molecule is Cc1nc2c(Cl)cccc2cc1Oc1cccc(F)c1C(C)(C)O. The van der Waals surface area contributed by atoms with Gasteiger partial charge in [0.1, 0.15) is 17.3 Å². The molecule has 0 fully saturated rings. The third kappa shape index (κ3) is 3.07. The van der Waals surface area contributed by atoms with Gasteiger partial charge in [-0.15, -0.1) is 0 Å². The van der Waals surface area contributed by atoms with Crippen molar-refractivity contribution >= 4 is 22.5 Å². The maximum atomic E-state index is 14.2. The summed E-state index contributed by atoms with van der Waals surface area (Å²) in [5, 5.41) is 11.6. The summed E-state index contributed by atoms with van der Waals surface area (Å²) >= 11 is 6.16. The van der Waals surface area contributed by atoms with Gasteiger partial charge in [-0.05, 0) is 45.0 Å². The van der Waals surface area contributed by atoms with E-state index in [0.717, 1.165) is 5.39 Å². The molecule has 24 heavy (non-hydrogen) atoms. The Morgan fingerprint density at radius 1 is 1.12 bits per heavy atom. The Labute approximate surface area is 144 Å². The topological polar surface area (TPSA) is 42.4 Å². The van der Waals surface area contributed by atoms with Gasteiger partial charge in [0.2, 0.25) is 0 Å². The van der Waals surface area contributed by atoms with Crippen LogP contribution in [0.3, 0.4) is 0 Å². The molecule has 0 radical (unpaired) electrons. The predicted molar refractivity (Wildman–Crippen MR) is 93.2 cm³/mol. The van der Waals surface area contributed by atoms with Gasteiger partial charge in [0.05, 0.1) is 27.4 Å². The number of fused-ring (bicyclic) bond motifs is 1. The van der Waals surface area contributed by atoms with Crippen LogP contribution in [0.25, 0.3) is 10.9 Å². The van der Waals surface area contributed by atoms with Crippen LogP contribution in [0.15, 0.2) is 42.5 Å². The van der Waals surface area contributed by atoms with E-state index in [-0.39, 0.29) is 11.3 Å². The summed E-state index contributed by atoms with van der Waals surface area (Å²) in [7, 11) is 0. The quantitative estimate of drug-likeness (QED) is 0.695. The van der Waals surface area contributed by atoms with Gasteiger partial charge in [-0.2, -0.15) is 0 Å². The first-order valence-electron chi connectivity index (χ1n) is 7.52. The number of para-hydroxylation sites is 1. The molecule has 3 rings (SSSR count). The number of pyridine rings is 1. The monoisotopic (exact) mass is 345 g/mol. The summed E-state index contributed by atoms with van der Waals surface area (Å²) in [5.41, 5.74) is 0.0467. The van der Waals surface area contributed by atoms with Gasteiger partial charge in [-0.1, -0.05) is 29.8 Å². The lowest BCUT2D eigenvalue weighted by Gasteiger charge is -2.22. The normalized spacial score (nSPS) is 11.8. The Hall–Kier alpha value is -2.17. The van der Waals surface area contributed by atoms with E-state index in [0.29, 0.717) is 22.0 Å². The molecule has 2 aromatic carbocycles. The number of benzene rings is 2. The average Bonchev–Trinajstić information content (AvgIpc) is 2.48. The number of aromatic nitrogens is 1. The van der Waals surface area contributed by atoms with Gasteiger partial charge in [0.15, 0.2) is 0 Å². The van der Waals surface area contributed by atoms with Crippen LogP contribution in [0.2, 0.25) is 5.02 Å². The van der Waals surface area contributed by atoms with E-state index < -0.39 is 11.4 Å². The van der Waals surface area contributed by atoms with E-state index in [1.807, 2.05) is 18.2 Å². The van der Waals surface area contributed by atoms with Crippen molar-refractivity contribution in [1.82, 2.24) is 4.98 Å². The fourth-order valence-electron chi connectivity index (χ4n) is 2.64. The number of rotatable bonds is 3. The van der Waals surface area contributed by atoms with Crippen molar-refractivity contribution in [3.05, 3.63) is 64.6 Å². The third-order valence-corrected chi connectivity index (χ3v) is 4.05. The van der Waals surface area contributed by atoms with Gasteiger partial charge >= 0.3 is 0 Å². The Bertz CT molecular complexity index is 919. The van der Waals surface area contributed by atoms with Crippen LogP contribution in [-0.4, -0.2) is 10.1 Å². The number of aryl methyl sites for hydroxylation is 1. The molecular weight excluding hydrogens is 329 g/mol. The van der Waals surface area contributed by atoms with Crippen molar-refractivity contribution in [2.45, 2.75) is 26.4 Å². The maximum absolute atomic E-state index is 14.2. The van der Waals surface area contributed by atoms with Crippen LogP contribution in [0.1, 0.15) is 25.1 Å². The molecule has 3 nitrogen and oxygen atoms in total. The molecule has 0 amide bonds. The van der Waals surface area contributed by atoms with Crippen molar-refractivity contribution in [2.24, 2.45) is 0 Å². The summed E-state index contributed by atoms with van der Waals surface area (Å²) in [5.74, 6) is 0.226. The lowest BCUT2D eigenvalue weighted by atomic mass is 9.96. The Kier molecular flexibility index (Phi) is 4.20. The number of aliphatic hydroxyl groups is 1. The highest BCUT2D eigenvalue weighted by molar-refractivity contribution is 6.35. The van der Waals surface area contributed by atoms with Crippen molar-refractivity contribution in [3.8, 4) is 11.5 Å². The fourth-order valence-corrected chi connectivity index (χ4v) is 2.86. The summed E-state index contributed by atoms with van der Waals surface area (Å²) in [6, 6.07) is 11.8. The molecule has 0 aliphatic carbocycles. The highest BCUT2D eigenvalue weighted by Crippen LogP contribution is 2.36. The number of nitrogens with zero attached hydrogens (tertiary/aromatic N) is 1. The van der Waals surface area contributed by atoms with Crippen LogP contribution in [0.5, 0.6) is 11.5 Å². The van der Waals surface area contributed by atoms with Crippen molar-refractivity contribution in [1.29, 1.82) is 0 Å². The van der Waals surface area contributed by atoms with Crippen LogP contribution in [-0.2, 0) is 5.60 Å². The minimum absolute atomic E-state index is 0.107. The van der Waals surface area contributed by atoms with Crippen LogP contribution >= 0.6 is 11.6 Å². The van der Waals surface area contributed by atoms with Crippen molar-refractivity contribution in [3.63, 3.8) is 0 Å². The zero-order valence-electron chi connectivity index (χ0n) is 13.6.